The Balaban J connectivity index is 2.25. The average molecular weight is 210 g/mol. The minimum Gasteiger partial charge on any atom is -0.305 e. The van der Waals surface area contributed by atoms with Crippen molar-refractivity contribution in [3.8, 4) is 0 Å². The molecule has 0 aliphatic heterocycles. The fourth-order valence-electron chi connectivity index (χ4n) is 2.55. The van der Waals surface area contributed by atoms with E-state index in [1.165, 1.54) is 11.4 Å². The molecule has 1 aliphatic rings. The van der Waals surface area contributed by atoms with Crippen molar-refractivity contribution >= 4 is 11.3 Å². The lowest BCUT2D eigenvalue weighted by molar-refractivity contribution is 0.0263. The lowest BCUT2D eigenvalue weighted by Gasteiger charge is -2.52. The van der Waals surface area contributed by atoms with Gasteiger partial charge in [-0.15, -0.1) is 11.3 Å². The van der Waals surface area contributed by atoms with Crippen molar-refractivity contribution in [1.82, 2.24) is 10.3 Å². The molecular formula is C11H18N2S. The Morgan fingerprint density at radius 3 is 2.86 bits per heavy atom. The number of hydrogen-bond acceptors (Lipinski definition) is 3. The first-order valence-electron chi connectivity index (χ1n) is 5.35. The second-order valence-corrected chi connectivity index (χ2v) is 5.20. The van der Waals surface area contributed by atoms with Crippen molar-refractivity contribution in [3.05, 3.63) is 16.6 Å². The van der Waals surface area contributed by atoms with Crippen LogP contribution in [0.3, 0.4) is 0 Å². The molecule has 0 radical (unpaired) electrons. The molecule has 14 heavy (non-hydrogen) atoms. The summed E-state index contributed by atoms with van der Waals surface area (Å²) in [5.41, 5.74) is 0.183. The number of rotatable bonds is 3. The summed E-state index contributed by atoms with van der Waals surface area (Å²) >= 11 is 1.78. The predicted octanol–water partition coefficient (Wildman–Crippen LogP) is 2.62. The van der Waals surface area contributed by atoms with E-state index >= 15 is 0 Å². The van der Waals surface area contributed by atoms with Crippen molar-refractivity contribution in [2.75, 3.05) is 6.54 Å². The van der Waals surface area contributed by atoms with Crippen molar-refractivity contribution in [1.29, 1.82) is 0 Å². The minimum absolute atomic E-state index is 0.183. The Bertz CT molecular complexity index is 292. The third-order valence-electron chi connectivity index (χ3n) is 3.58. The van der Waals surface area contributed by atoms with Crippen molar-refractivity contribution in [2.24, 2.45) is 11.8 Å². The van der Waals surface area contributed by atoms with Gasteiger partial charge in [0.05, 0.1) is 5.54 Å². The molecule has 0 aromatic carbocycles. The summed E-state index contributed by atoms with van der Waals surface area (Å²) in [5.74, 6) is 1.52. The van der Waals surface area contributed by atoms with Gasteiger partial charge >= 0.3 is 0 Å². The standard InChI is InChI=1S/C11H18N2S/c1-4-13-11(7-8(2)9(11)3)10-12-5-6-14-10/h5-6,8-9,13H,4,7H2,1-3H3. The molecule has 3 atom stereocenters. The summed E-state index contributed by atoms with van der Waals surface area (Å²) in [7, 11) is 0. The zero-order valence-corrected chi connectivity index (χ0v) is 9.90. The summed E-state index contributed by atoms with van der Waals surface area (Å²) in [4.78, 5) is 4.47. The highest BCUT2D eigenvalue weighted by Crippen LogP contribution is 2.50. The molecule has 1 aliphatic carbocycles. The van der Waals surface area contributed by atoms with Crippen molar-refractivity contribution < 1.29 is 0 Å². The molecule has 0 saturated heterocycles. The van der Waals surface area contributed by atoms with Gasteiger partial charge in [-0.25, -0.2) is 4.98 Å². The third kappa shape index (κ3) is 1.30. The van der Waals surface area contributed by atoms with Crippen LogP contribution in [0.25, 0.3) is 0 Å². The van der Waals surface area contributed by atoms with Crippen molar-refractivity contribution in [3.63, 3.8) is 0 Å². The lowest BCUT2D eigenvalue weighted by atomic mass is 9.60. The molecule has 1 N–H and O–H groups in total. The molecule has 78 valence electrons. The van der Waals surface area contributed by atoms with Crippen LogP contribution in [0.2, 0.25) is 0 Å². The molecule has 1 saturated carbocycles. The number of thiazole rings is 1. The maximum Gasteiger partial charge on any atom is 0.113 e. The molecule has 1 heterocycles. The van der Waals surface area contributed by atoms with E-state index in [1.54, 1.807) is 11.3 Å². The smallest absolute Gasteiger partial charge is 0.113 e. The summed E-state index contributed by atoms with van der Waals surface area (Å²) < 4.78 is 0. The van der Waals surface area contributed by atoms with E-state index in [0.29, 0.717) is 5.92 Å². The molecule has 1 aromatic rings. The molecule has 0 spiro atoms. The zero-order chi connectivity index (χ0) is 10.2. The molecule has 1 aromatic heterocycles. The van der Waals surface area contributed by atoms with Gasteiger partial charge in [-0.1, -0.05) is 20.8 Å². The Kier molecular flexibility index (Phi) is 2.62. The van der Waals surface area contributed by atoms with Crippen LogP contribution in [-0.4, -0.2) is 11.5 Å². The number of nitrogens with one attached hydrogen (secondary N) is 1. The highest BCUT2D eigenvalue weighted by Gasteiger charge is 2.51. The van der Waals surface area contributed by atoms with E-state index in [4.69, 9.17) is 0 Å². The highest BCUT2D eigenvalue weighted by atomic mass is 32.1. The Hall–Kier alpha value is -0.410. The average Bonchev–Trinajstić information content (AvgIpc) is 2.69. The Labute approximate surface area is 89.8 Å². The Morgan fingerprint density at radius 2 is 2.43 bits per heavy atom. The molecule has 3 unspecified atom stereocenters. The first kappa shape index (κ1) is 10.1. The summed E-state index contributed by atoms with van der Waals surface area (Å²) in [5, 5.41) is 6.97. The Morgan fingerprint density at radius 1 is 1.64 bits per heavy atom. The highest BCUT2D eigenvalue weighted by molar-refractivity contribution is 7.09. The quantitative estimate of drug-likeness (QED) is 0.829. The fourth-order valence-corrected chi connectivity index (χ4v) is 3.47. The van der Waals surface area contributed by atoms with E-state index in [2.05, 4.69) is 36.5 Å². The van der Waals surface area contributed by atoms with Gasteiger partial charge in [0.15, 0.2) is 0 Å². The van der Waals surface area contributed by atoms with Crippen LogP contribution in [0.4, 0.5) is 0 Å². The van der Waals surface area contributed by atoms with Gasteiger partial charge in [0.1, 0.15) is 5.01 Å². The number of nitrogens with zero attached hydrogens (tertiary/aromatic N) is 1. The SMILES string of the molecule is CCNC1(c2nccs2)CC(C)C1C. The van der Waals surface area contributed by atoms with Crippen LogP contribution in [0, 0.1) is 11.8 Å². The van der Waals surface area contributed by atoms with E-state index in [1.807, 2.05) is 6.20 Å². The van der Waals surface area contributed by atoms with Gasteiger partial charge in [0.25, 0.3) is 0 Å². The van der Waals surface area contributed by atoms with E-state index in [0.717, 1.165) is 12.5 Å². The van der Waals surface area contributed by atoms with Crippen LogP contribution in [0.15, 0.2) is 11.6 Å². The number of hydrogen-bond donors (Lipinski definition) is 1. The normalized spacial score (nSPS) is 36.8. The monoisotopic (exact) mass is 210 g/mol. The van der Waals surface area contributed by atoms with Crippen molar-refractivity contribution in [2.45, 2.75) is 32.7 Å². The summed E-state index contributed by atoms with van der Waals surface area (Å²) in [6.07, 6.45) is 3.14. The van der Waals surface area contributed by atoms with Gasteiger partial charge in [0, 0.05) is 11.6 Å². The topological polar surface area (TPSA) is 24.9 Å². The second kappa shape index (κ2) is 3.63. The van der Waals surface area contributed by atoms with E-state index < -0.39 is 0 Å². The molecule has 0 bridgehead atoms. The predicted molar refractivity (Wildman–Crippen MR) is 60.4 cm³/mol. The van der Waals surface area contributed by atoms with Crippen LogP contribution in [0.5, 0.6) is 0 Å². The molecule has 2 rings (SSSR count). The maximum absolute atomic E-state index is 4.47. The lowest BCUT2D eigenvalue weighted by Crippen LogP contribution is -2.58. The van der Waals surface area contributed by atoms with Gasteiger partial charge in [0.2, 0.25) is 0 Å². The molecule has 3 heteroatoms. The van der Waals surface area contributed by atoms with Crippen LogP contribution >= 0.6 is 11.3 Å². The fraction of sp³-hybridized carbons (Fsp3) is 0.727. The third-order valence-corrected chi connectivity index (χ3v) is 4.53. The number of aromatic nitrogens is 1. The van der Waals surface area contributed by atoms with Gasteiger partial charge < -0.3 is 5.32 Å². The van der Waals surface area contributed by atoms with E-state index in [-0.39, 0.29) is 5.54 Å². The first-order valence-corrected chi connectivity index (χ1v) is 6.23. The minimum atomic E-state index is 0.183. The molecular weight excluding hydrogens is 192 g/mol. The van der Waals surface area contributed by atoms with Gasteiger partial charge in [-0.2, -0.15) is 0 Å². The molecule has 0 amide bonds. The summed E-state index contributed by atoms with van der Waals surface area (Å²) in [6.45, 7) is 7.85. The second-order valence-electron chi connectivity index (χ2n) is 4.31. The largest absolute Gasteiger partial charge is 0.305 e. The molecule has 2 nitrogen and oxygen atoms in total. The van der Waals surface area contributed by atoms with Gasteiger partial charge in [-0.3, -0.25) is 0 Å². The van der Waals surface area contributed by atoms with Crippen LogP contribution in [-0.2, 0) is 5.54 Å². The maximum atomic E-state index is 4.47. The summed E-state index contributed by atoms with van der Waals surface area (Å²) in [6, 6.07) is 0. The van der Waals surface area contributed by atoms with Crippen LogP contribution in [0.1, 0.15) is 32.2 Å². The zero-order valence-electron chi connectivity index (χ0n) is 9.08. The van der Waals surface area contributed by atoms with Gasteiger partial charge in [-0.05, 0) is 24.8 Å². The van der Waals surface area contributed by atoms with Crippen LogP contribution < -0.4 is 5.32 Å². The molecule has 1 fully saturated rings. The van der Waals surface area contributed by atoms with E-state index in [9.17, 15) is 0 Å². The first-order chi connectivity index (χ1) is 6.70.